The molecule has 0 radical (unpaired) electrons. The smallest absolute Gasteiger partial charge is 0.358 e. The van der Waals surface area contributed by atoms with Crippen molar-refractivity contribution in [2.75, 3.05) is 6.61 Å². The molecule has 23 heavy (non-hydrogen) atoms. The van der Waals surface area contributed by atoms with Crippen LogP contribution in [0.25, 0.3) is 10.6 Å². The number of carbonyl (C=O) groups is 1. The SMILES string of the molecule is CCOc1ccc(-c2nc(C(=O)OC3CCCC3C)cs2)cc1. The van der Waals surface area contributed by atoms with Crippen LogP contribution in [0, 0.1) is 5.92 Å². The van der Waals surface area contributed by atoms with Crippen molar-refractivity contribution < 1.29 is 14.3 Å². The van der Waals surface area contributed by atoms with Gasteiger partial charge in [0.15, 0.2) is 5.69 Å². The Morgan fingerprint density at radius 3 is 2.74 bits per heavy atom. The van der Waals surface area contributed by atoms with Crippen LogP contribution < -0.4 is 4.74 Å². The van der Waals surface area contributed by atoms with Crippen molar-refractivity contribution in [3.8, 4) is 16.3 Å². The van der Waals surface area contributed by atoms with Crippen LogP contribution in [0.15, 0.2) is 29.6 Å². The summed E-state index contributed by atoms with van der Waals surface area (Å²) in [6.07, 6.45) is 3.26. The number of nitrogens with zero attached hydrogens (tertiary/aromatic N) is 1. The quantitative estimate of drug-likeness (QED) is 0.754. The molecule has 1 fully saturated rings. The van der Waals surface area contributed by atoms with Crippen molar-refractivity contribution in [3.63, 3.8) is 0 Å². The molecule has 0 amide bonds. The lowest BCUT2D eigenvalue weighted by molar-refractivity contribution is 0.0221. The minimum Gasteiger partial charge on any atom is -0.494 e. The molecule has 0 bridgehead atoms. The molecule has 1 saturated carbocycles. The zero-order valence-corrected chi connectivity index (χ0v) is 14.3. The number of rotatable bonds is 5. The summed E-state index contributed by atoms with van der Waals surface area (Å²) in [6, 6.07) is 7.74. The van der Waals surface area contributed by atoms with Crippen LogP contribution in [0.3, 0.4) is 0 Å². The summed E-state index contributed by atoms with van der Waals surface area (Å²) in [4.78, 5) is 16.7. The molecule has 0 spiro atoms. The average Bonchev–Trinajstić information content (AvgIpc) is 3.18. The molecular formula is C18H21NO3S. The standard InChI is InChI=1S/C18H21NO3S/c1-3-21-14-9-7-13(8-10-14)17-19-15(11-23-17)18(20)22-16-6-4-5-12(16)2/h7-12,16H,3-6H2,1-2H3. The molecule has 2 atom stereocenters. The van der Waals surface area contributed by atoms with Gasteiger partial charge in [0.2, 0.25) is 0 Å². The second-order valence-corrected chi connectivity index (χ2v) is 6.71. The van der Waals surface area contributed by atoms with Crippen LogP contribution in [-0.4, -0.2) is 23.7 Å². The topological polar surface area (TPSA) is 48.4 Å². The van der Waals surface area contributed by atoms with Gasteiger partial charge in [0.25, 0.3) is 0 Å². The van der Waals surface area contributed by atoms with E-state index in [-0.39, 0.29) is 12.1 Å². The number of hydrogen-bond acceptors (Lipinski definition) is 5. The van der Waals surface area contributed by atoms with Crippen molar-refractivity contribution in [3.05, 3.63) is 35.3 Å². The van der Waals surface area contributed by atoms with E-state index < -0.39 is 0 Å². The summed E-state index contributed by atoms with van der Waals surface area (Å²) >= 11 is 1.46. The van der Waals surface area contributed by atoms with Gasteiger partial charge in [-0.3, -0.25) is 0 Å². The van der Waals surface area contributed by atoms with Crippen molar-refractivity contribution >= 4 is 17.3 Å². The second-order valence-electron chi connectivity index (χ2n) is 5.85. The van der Waals surface area contributed by atoms with Gasteiger partial charge in [-0.25, -0.2) is 9.78 Å². The molecule has 0 aliphatic heterocycles. The molecule has 0 N–H and O–H groups in total. The minimum absolute atomic E-state index is 0.0399. The van der Waals surface area contributed by atoms with Crippen molar-refractivity contribution in [1.82, 2.24) is 4.98 Å². The van der Waals surface area contributed by atoms with E-state index in [1.807, 2.05) is 31.2 Å². The maximum atomic E-state index is 12.2. The number of carbonyl (C=O) groups excluding carboxylic acids is 1. The molecule has 0 saturated heterocycles. The third kappa shape index (κ3) is 3.72. The fraction of sp³-hybridized carbons (Fsp3) is 0.444. The van der Waals surface area contributed by atoms with Crippen LogP contribution in [0.1, 0.15) is 43.6 Å². The van der Waals surface area contributed by atoms with Gasteiger partial charge in [-0.05, 0) is 56.4 Å². The van der Waals surface area contributed by atoms with Crippen molar-refractivity contribution in [2.45, 2.75) is 39.2 Å². The summed E-state index contributed by atoms with van der Waals surface area (Å²) in [7, 11) is 0. The third-order valence-corrected chi connectivity index (χ3v) is 5.06. The summed E-state index contributed by atoms with van der Waals surface area (Å²) in [5.41, 5.74) is 1.38. The molecule has 1 aromatic carbocycles. The lowest BCUT2D eigenvalue weighted by Gasteiger charge is -2.15. The van der Waals surface area contributed by atoms with Crippen LogP contribution in [0.5, 0.6) is 5.75 Å². The molecule has 4 nitrogen and oxygen atoms in total. The Morgan fingerprint density at radius 2 is 2.09 bits per heavy atom. The number of ether oxygens (including phenoxy) is 2. The predicted octanol–water partition coefficient (Wildman–Crippen LogP) is 4.55. The Kier molecular flexibility index (Phi) is 4.96. The first-order chi connectivity index (χ1) is 11.2. The maximum Gasteiger partial charge on any atom is 0.358 e. The van der Waals surface area contributed by atoms with Gasteiger partial charge in [-0.1, -0.05) is 6.92 Å². The molecule has 2 unspecified atom stereocenters. The maximum absolute atomic E-state index is 12.2. The Hall–Kier alpha value is -1.88. The largest absolute Gasteiger partial charge is 0.494 e. The molecular weight excluding hydrogens is 310 g/mol. The normalized spacial score (nSPS) is 20.4. The predicted molar refractivity (Wildman–Crippen MR) is 90.9 cm³/mol. The van der Waals surface area contributed by atoms with Crippen LogP contribution in [0.2, 0.25) is 0 Å². The number of hydrogen-bond donors (Lipinski definition) is 0. The van der Waals surface area contributed by atoms with Gasteiger partial charge in [-0.2, -0.15) is 0 Å². The third-order valence-electron chi connectivity index (χ3n) is 4.17. The molecule has 1 aromatic heterocycles. The summed E-state index contributed by atoms with van der Waals surface area (Å²) in [5.74, 6) is 0.975. The van der Waals surface area contributed by atoms with E-state index in [0.717, 1.165) is 35.6 Å². The summed E-state index contributed by atoms with van der Waals surface area (Å²) in [5, 5.41) is 2.59. The average molecular weight is 331 g/mol. The fourth-order valence-electron chi connectivity index (χ4n) is 2.84. The van der Waals surface area contributed by atoms with Crippen molar-refractivity contribution in [2.24, 2.45) is 5.92 Å². The van der Waals surface area contributed by atoms with E-state index in [4.69, 9.17) is 9.47 Å². The monoisotopic (exact) mass is 331 g/mol. The molecule has 1 heterocycles. The van der Waals surface area contributed by atoms with E-state index in [9.17, 15) is 4.79 Å². The Bertz CT molecular complexity index is 665. The first kappa shape index (κ1) is 16.0. The zero-order chi connectivity index (χ0) is 16.2. The number of aromatic nitrogens is 1. The first-order valence-electron chi connectivity index (χ1n) is 8.07. The van der Waals surface area contributed by atoms with Crippen LogP contribution in [0.4, 0.5) is 0 Å². The summed E-state index contributed by atoms with van der Waals surface area (Å²) < 4.78 is 11.0. The molecule has 1 aliphatic carbocycles. The van der Waals surface area contributed by atoms with Gasteiger partial charge in [-0.15, -0.1) is 11.3 Å². The summed E-state index contributed by atoms with van der Waals surface area (Å²) in [6.45, 7) is 4.74. The number of thiazole rings is 1. The van der Waals surface area contributed by atoms with Gasteiger partial charge in [0, 0.05) is 10.9 Å². The Balaban J connectivity index is 1.68. The second kappa shape index (κ2) is 7.13. The lowest BCUT2D eigenvalue weighted by atomic mass is 10.1. The van der Waals surface area contributed by atoms with Gasteiger partial charge < -0.3 is 9.47 Å². The molecule has 2 aromatic rings. The lowest BCUT2D eigenvalue weighted by Crippen LogP contribution is -2.20. The Morgan fingerprint density at radius 1 is 1.30 bits per heavy atom. The highest BCUT2D eigenvalue weighted by Crippen LogP contribution is 2.30. The van der Waals surface area contributed by atoms with Gasteiger partial charge in [0.1, 0.15) is 16.9 Å². The first-order valence-corrected chi connectivity index (χ1v) is 8.95. The Labute approximate surface area is 140 Å². The van der Waals surface area contributed by atoms with Crippen LogP contribution >= 0.6 is 11.3 Å². The zero-order valence-electron chi connectivity index (χ0n) is 13.5. The highest BCUT2D eigenvalue weighted by Gasteiger charge is 2.28. The number of benzene rings is 1. The molecule has 5 heteroatoms. The van der Waals surface area contributed by atoms with E-state index >= 15 is 0 Å². The molecule has 122 valence electrons. The minimum atomic E-state index is -0.308. The van der Waals surface area contributed by atoms with Crippen LogP contribution in [-0.2, 0) is 4.74 Å². The molecule has 1 aliphatic rings. The molecule has 3 rings (SSSR count). The van der Waals surface area contributed by atoms with Gasteiger partial charge in [0.05, 0.1) is 6.61 Å². The fourth-order valence-corrected chi connectivity index (χ4v) is 3.64. The van der Waals surface area contributed by atoms with E-state index in [0.29, 0.717) is 18.2 Å². The number of esters is 1. The van der Waals surface area contributed by atoms with Crippen molar-refractivity contribution in [1.29, 1.82) is 0 Å². The van der Waals surface area contributed by atoms with Gasteiger partial charge >= 0.3 is 5.97 Å². The van der Waals surface area contributed by atoms with E-state index in [1.54, 1.807) is 5.38 Å². The van der Waals surface area contributed by atoms with E-state index in [2.05, 4.69) is 11.9 Å². The highest BCUT2D eigenvalue weighted by atomic mass is 32.1. The van der Waals surface area contributed by atoms with E-state index in [1.165, 1.54) is 11.3 Å². The highest BCUT2D eigenvalue weighted by molar-refractivity contribution is 7.13.